The van der Waals surface area contributed by atoms with E-state index < -0.39 is 6.10 Å². The van der Waals surface area contributed by atoms with E-state index >= 15 is 0 Å². The normalized spacial score (nSPS) is 11.7. The predicted octanol–water partition coefficient (Wildman–Crippen LogP) is 4.22. The lowest BCUT2D eigenvalue weighted by molar-refractivity contribution is -0.128. The van der Waals surface area contributed by atoms with Crippen LogP contribution in [0.1, 0.15) is 37.0 Å². The molecule has 0 heterocycles. The standard InChI is InChI=1S/C22H29NO3/c1-5-18-10-12-19(13-11-18)26-20(6-2)22(24)23-14-15-25-21-9-7-8-16(3)17(21)4/h7-13,20H,5-6,14-15H2,1-4H3,(H,23,24)/t20-/m1/s1. The molecule has 1 amide bonds. The van der Waals surface area contributed by atoms with Gasteiger partial charge in [0.1, 0.15) is 18.1 Å². The summed E-state index contributed by atoms with van der Waals surface area (Å²) in [5, 5.41) is 2.89. The SMILES string of the molecule is CCc1ccc(O[C@H](CC)C(=O)NCCOc2cccc(C)c2C)cc1. The Morgan fingerprint density at radius 1 is 1.08 bits per heavy atom. The molecule has 0 aromatic heterocycles. The van der Waals surface area contributed by atoms with Crippen LogP contribution in [-0.2, 0) is 11.2 Å². The molecule has 140 valence electrons. The third kappa shape index (κ3) is 5.51. The molecule has 0 fully saturated rings. The molecule has 4 heteroatoms. The maximum absolute atomic E-state index is 12.3. The summed E-state index contributed by atoms with van der Waals surface area (Å²) >= 11 is 0. The van der Waals surface area contributed by atoms with Gasteiger partial charge in [-0.2, -0.15) is 0 Å². The number of amides is 1. The van der Waals surface area contributed by atoms with Gasteiger partial charge in [-0.1, -0.05) is 38.1 Å². The van der Waals surface area contributed by atoms with Gasteiger partial charge in [0.05, 0.1) is 6.54 Å². The summed E-state index contributed by atoms with van der Waals surface area (Å²) in [5.74, 6) is 1.46. The fourth-order valence-electron chi connectivity index (χ4n) is 2.62. The maximum atomic E-state index is 12.3. The van der Waals surface area contributed by atoms with E-state index in [0.29, 0.717) is 19.6 Å². The highest BCUT2D eigenvalue weighted by Gasteiger charge is 2.17. The highest BCUT2D eigenvalue weighted by Crippen LogP contribution is 2.20. The van der Waals surface area contributed by atoms with Crippen LogP contribution in [0.15, 0.2) is 42.5 Å². The van der Waals surface area contributed by atoms with Crippen molar-refractivity contribution in [2.75, 3.05) is 13.2 Å². The van der Waals surface area contributed by atoms with E-state index in [9.17, 15) is 4.79 Å². The van der Waals surface area contributed by atoms with Gasteiger partial charge in [0, 0.05) is 0 Å². The van der Waals surface area contributed by atoms with Crippen LogP contribution < -0.4 is 14.8 Å². The number of carbonyl (C=O) groups excluding carboxylic acids is 1. The predicted molar refractivity (Wildman–Crippen MR) is 105 cm³/mol. The monoisotopic (exact) mass is 355 g/mol. The summed E-state index contributed by atoms with van der Waals surface area (Å²) in [6.45, 7) is 9.02. The molecule has 26 heavy (non-hydrogen) atoms. The minimum atomic E-state index is -0.497. The first-order chi connectivity index (χ1) is 12.5. The van der Waals surface area contributed by atoms with Crippen LogP contribution in [0.25, 0.3) is 0 Å². The quantitative estimate of drug-likeness (QED) is 0.685. The van der Waals surface area contributed by atoms with Crippen molar-refractivity contribution < 1.29 is 14.3 Å². The lowest BCUT2D eigenvalue weighted by Crippen LogP contribution is -2.39. The van der Waals surface area contributed by atoms with E-state index in [1.165, 1.54) is 11.1 Å². The average molecular weight is 355 g/mol. The van der Waals surface area contributed by atoms with Gasteiger partial charge in [-0.25, -0.2) is 0 Å². The Bertz CT molecular complexity index is 710. The molecule has 2 rings (SSSR count). The minimum absolute atomic E-state index is 0.114. The molecule has 0 spiro atoms. The van der Waals surface area contributed by atoms with Crippen molar-refractivity contribution in [1.29, 1.82) is 0 Å². The fraction of sp³-hybridized carbons (Fsp3) is 0.409. The second-order valence-electron chi connectivity index (χ2n) is 6.35. The van der Waals surface area contributed by atoms with E-state index in [0.717, 1.165) is 23.5 Å². The molecule has 0 bridgehead atoms. The zero-order chi connectivity index (χ0) is 18.9. The maximum Gasteiger partial charge on any atom is 0.261 e. The van der Waals surface area contributed by atoms with E-state index in [2.05, 4.69) is 25.2 Å². The number of hydrogen-bond donors (Lipinski definition) is 1. The van der Waals surface area contributed by atoms with Crippen LogP contribution in [0, 0.1) is 13.8 Å². The number of nitrogens with one attached hydrogen (secondary N) is 1. The molecule has 0 saturated carbocycles. The number of benzene rings is 2. The molecule has 1 N–H and O–H groups in total. The molecule has 0 radical (unpaired) electrons. The summed E-state index contributed by atoms with van der Waals surface area (Å²) in [6, 6.07) is 13.9. The van der Waals surface area contributed by atoms with Crippen LogP contribution in [0.5, 0.6) is 11.5 Å². The van der Waals surface area contributed by atoms with Crippen molar-refractivity contribution in [2.45, 2.75) is 46.6 Å². The highest BCUT2D eigenvalue weighted by atomic mass is 16.5. The first kappa shape index (κ1) is 19.8. The molecule has 1 atom stereocenters. The Morgan fingerprint density at radius 2 is 1.81 bits per heavy atom. The average Bonchev–Trinajstić information content (AvgIpc) is 2.66. The van der Waals surface area contributed by atoms with Crippen molar-refractivity contribution in [3.63, 3.8) is 0 Å². The molecule has 0 aliphatic heterocycles. The van der Waals surface area contributed by atoms with Crippen molar-refractivity contribution >= 4 is 5.91 Å². The Kier molecular flexibility index (Phi) is 7.52. The van der Waals surface area contributed by atoms with Gasteiger partial charge in [-0.15, -0.1) is 0 Å². The molecule has 2 aromatic rings. The van der Waals surface area contributed by atoms with E-state index in [1.54, 1.807) is 0 Å². The molecule has 0 unspecified atom stereocenters. The Balaban J connectivity index is 1.80. The van der Waals surface area contributed by atoms with Crippen molar-refractivity contribution in [3.8, 4) is 11.5 Å². The number of ether oxygens (including phenoxy) is 2. The third-order valence-corrected chi connectivity index (χ3v) is 4.49. The van der Waals surface area contributed by atoms with Crippen LogP contribution in [0.2, 0.25) is 0 Å². The van der Waals surface area contributed by atoms with Crippen LogP contribution >= 0.6 is 0 Å². The second-order valence-corrected chi connectivity index (χ2v) is 6.35. The summed E-state index contributed by atoms with van der Waals surface area (Å²) < 4.78 is 11.6. The fourth-order valence-corrected chi connectivity index (χ4v) is 2.62. The molecule has 0 aliphatic carbocycles. The van der Waals surface area contributed by atoms with Gasteiger partial charge in [0.2, 0.25) is 0 Å². The number of rotatable bonds is 9. The molecule has 0 saturated heterocycles. The number of hydrogen-bond acceptors (Lipinski definition) is 3. The van der Waals surface area contributed by atoms with E-state index in [4.69, 9.17) is 9.47 Å². The lowest BCUT2D eigenvalue weighted by Gasteiger charge is -2.18. The van der Waals surface area contributed by atoms with E-state index in [1.807, 2.05) is 50.2 Å². The van der Waals surface area contributed by atoms with Gasteiger partial charge in [-0.05, 0) is 61.6 Å². The Morgan fingerprint density at radius 3 is 2.46 bits per heavy atom. The van der Waals surface area contributed by atoms with Gasteiger partial charge in [0.15, 0.2) is 6.10 Å². The lowest BCUT2D eigenvalue weighted by atomic mass is 10.1. The smallest absolute Gasteiger partial charge is 0.261 e. The number of carbonyl (C=O) groups is 1. The zero-order valence-corrected chi connectivity index (χ0v) is 16.2. The van der Waals surface area contributed by atoms with Crippen molar-refractivity contribution in [3.05, 3.63) is 59.2 Å². The molecule has 2 aromatic carbocycles. The summed E-state index contributed by atoms with van der Waals surface area (Å²) in [7, 11) is 0. The van der Waals surface area contributed by atoms with Crippen LogP contribution in [-0.4, -0.2) is 25.2 Å². The van der Waals surface area contributed by atoms with Gasteiger partial charge < -0.3 is 14.8 Å². The van der Waals surface area contributed by atoms with Gasteiger partial charge in [-0.3, -0.25) is 4.79 Å². The molecular weight excluding hydrogens is 326 g/mol. The summed E-state index contributed by atoms with van der Waals surface area (Å²) in [4.78, 5) is 12.3. The summed E-state index contributed by atoms with van der Waals surface area (Å²) in [6.07, 6.45) is 1.10. The zero-order valence-electron chi connectivity index (χ0n) is 16.2. The number of aryl methyl sites for hydroxylation is 2. The van der Waals surface area contributed by atoms with Crippen molar-refractivity contribution in [2.24, 2.45) is 0 Å². The summed E-state index contributed by atoms with van der Waals surface area (Å²) in [5.41, 5.74) is 3.57. The minimum Gasteiger partial charge on any atom is -0.491 e. The van der Waals surface area contributed by atoms with Crippen molar-refractivity contribution in [1.82, 2.24) is 5.32 Å². The van der Waals surface area contributed by atoms with E-state index in [-0.39, 0.29) is 5.91 Å². The molecular formula is C22H29NO3. The first-order valence-electron chi connectivity index (χ1n) is 9.27. The van der Waals surface area contributed by atoms with Crippen LogP contribution in [0.3, 0.4) is 0 Å². The third-order valence-electron chi connectivity index (χ3n) is 4.49. The van der Waals surface area contributed by atoms with Gasteiger partial charge in [0.25, 0.3) is 5.91 Å². The Labute approximate surface area is 156 Å². The largest absolute Gasteiger partial charge is 0.491 e. The molecule has 0 aliphatic rings. The van der Waals surface area contributed by atoms with Crippen LogP contribution in [0.4, 0.5) is 0 Å². The van der Waals surface area contributed by atoms with Gasteiger partial charge >= 0.3 is 0 Å². The Hall–Kier alpha value is -2.49. The highest BCUT2D eigenvalue weighted by molar-refractivity contribution is 5.81. The second kappa shape index (κ2) is 9.85. The topological polar surface area (TPSA) is 47.6 Å². The molecule has 4 nitrogen and oxygen atoms in total. The first-order valence-corrected chi connectivity index (χ1v) is 9.27.